The number of benzene rings is 2. The van der Waals surface area contributed by atoms with E-state index in [0.717, 1.165) is 31.2 Å². The fourth-order valence-electron chi connectivity index (χ4n) is 1.77. The Labute approximate surface area is 142 Å². The first-order valence-electron chi connectivity index (χ1n) is 6.28. The molecule has 0 aliphatic carbocycles. The number of rotatable bonds is 1. The fourth-order valence-corrected chi connectivity index (χ4v) is 2.73. The summed E-state index contributed by atoms with van der Waals surface area (Å²) in [7, 11) is 0. The highest BCUT2D eigenvalue weighted by atomic mass is 79.9. The minimum Gasteiger partial charge on any atom is -0.295 e. The quantitative estimate of drug-likeness (QED) is 0.577. The van der Waals surface area contributed by atoms with Gasteiger partial charge in [-0.1, -0.05) is 37.9 Å². The Morgan fingerprint density at radius 2 is 1.52 bits per heavy atom. The van der Waals surface area contributed by atoms with E-state index in [1.54, 1.807) is 13.0 Å². The van der Waals surface area contributed by atoms with Crippen LogP contribution in [-0.2, 0) is 0 Å². The van der Waals surface area contributed by atoms with E-state index < -0.39 is 0 Å². The first-order valence-corrected chi connectivity index (χ1v) is 7.87. The van der Waals surface area contributed by atoms with Crippen molar-refractivity contribution in [2.24, 2.45) is 0 Å². The Morgan fingerprint density at radius 1 is 1.00 bits per heavy atom. The molecule has 0 atom stereocenters. The van der Waals surface area contributed by atoms with Crippen LogP contribution in [0.5, 0.6) is 0 Å². The normalized spacial score (nSPS) is 9.33. The number of halogens is 2. The summed E-state index contributed by atoms with van der Waals surface area (Å²) in [6, 6.07) is 13.4. The molecule has 2 aromatic carbocycles. The highest BCUT2D eigenvalue weighted by molar-refractivity contribution is 9.10. The summed E-state index contributed by atoms with van der Waals surface area (Å²) in [5.74, 6) is 0.120. The van der Waals surface area contributed by atoms with E-state index in [0.29, 0.717) is 0 Å². The lowest BCUT2D eigenvalue weighted by atomic mass is 10.1. The molecule has 2 rings (SSSR count). The Kier molecular flexibility index (Phi) is 6.80. The zero-order valence-electron chi connectivity index (χ0n) is 12.1. The number of nitrogens with zero attached hydrogens (tertiary/aromatic N) is 1. The molecule has 0 aromatic heterocycles. The third-order valence-electron chi connectivity index (χ3n) is 2.88. The molecule has 0 amide bonds. The molecular weight excluding hydrogens is 394 g/mol. The molecule has 0 radical (unpaired) electrons. The fraction of sp³-hybridized carbons (Fsp3) is 0.176. The first-order chi connectivity index (χ1) is 9.85. The topological polar surface area (TPSA) is 40.9 Å². The number of carbonyl (C=O) groups is 1. The van der Waals surface area contributed by atoms with Gasteiger partial charge in [-0.05, 0) is 62.2 Å². The molecule has 0 aliphatic rings. The van der Waals surface area contributed by atoms with Crippen LogP contribution < -0.4 is 0 Å². The van der Waals surface area contributed by atoms with Crippen LogP contribution in [0.15, 0.2) is 45.3 Å². The average Bonchev–Trinajstić information content (AvgIpc) is 2.39. The summed E-state index contributed by atoms with van der Waals surface area (Å²) in [5.41, 5.74) is 3.57. The van der Waals surface area contributed by atoms with Crippen molar-refractivity contribution in [3.8, 4) is 6.07 Å². The third-order valence-corrected chi connectivity index (χ3v) is 3.86. The molecule has 4 heteroatoms. The molecule has 0 unspecified atom stereocenters. The largest absolute Gasteiger partial charge is 0.295 e. The standard InChI is InChI=1S/C9H9BrO.C8H6BrN/c1-6-5-8(10)3-4-9(6)7(2)11;1-6-4-8(9)3-2-7(6)5-10/h3-5H,1-2H3;2-4H,1H3. The molecule has 0 spiro atoms. The average molecular weight is 409 g/mol. The zero-order chi connectivity index (χ0) is 16.0. The minimum atomic E-state index is 0.120. The van der Waals surface area contributed by atoms with Gasteiger partial charge in [-0.3, -0.25) is 4.79 Å². The second-order valence-electron chi connectivity index (χ2n) is 4.59. The van der Waals surface area contributed by atoms with Gasteiger partial charge in [0.2, 0.25) is 0 Å². The van der Waals surface area contributed by atoms with Crippen LogP contribution in [0.25, 0.3) is 0 Å². The van der Waals surface area contributed by atoms with E-state index in [2.05, 4.69) is 37.9 Å². The van der Waals surface area contributed by atoms with E-state index in [1.807, 2.05) is 44.2 Å². The molecule has 2 nitrogen and oxygen atoms in total. The van der Waals surface area contributed by atoms with E-state index in [9.17, 15) is 4.79 Å². The molecule has 0 bridgehead atoms. The van der Waals surface area contributed by atoms with Crippen molar-refractivity contribution < 1.29 is 4.79 Å². The maximum Gasteiger partial charge on any atom is 0.160 e. The van der Waals surface area contributed by atoms with Gasteiger partial charge in [0.1, 0.15) is 0 Å². The van der Waals surface area contributed by atoms with Gasteiger partial charge in [-0.25, -0.2) is 0 Å². The van der Waals surface area contributed by atoms with Gasteiger partial charge in [0.05, 0.1) is 11.6 Å². The molecule has 21 heavy (non-hydrogen) atoms. The Bertz CT molecular complexity index is 702. The predicted molar refractivity (Wildman–Crippen MR) is 92.5 cm³/mol. The minimum absolute atomic E-state index is 0.120. The first kappa shape index (κ1) is 17.6. The smallest absolute Gasteiger partial charge is 0.160 e. The predicted octanol–water partition coefficient (Wildman–Crippen LogP) is 5.59. The van der Waals surface area contributed by atoms with Crippen molar-refractivity contribution >= 4 is 37.6 Å². The van der Waals surface area contributed by atoms with Gasteiger partial charge in [0, 0.05) is 14.5 Å². The summed E-state index contributed by atoms with van der Waals surface area (Å²) in [6.07, 6.45) is 0. The molecule has 2 aromatic rings. The summed E-state index contributed by atoms with van der Waals surface area (Å²) >= 11 is 6.65. The van der Waals surface area contributed by atoms with Crippen molar-refractivity contribution in [3.05, 3.63) is 67.6 Å². The molecule has 0 fully saturated rings. The van der Waals surface area contributed by atoms with Crippen LogP contribution in [0.2, 0.25) is 0 Å². The van der Waals surface area contributed by atoms with E-state index in [4.69, 9.17) is 5.26 Å². The van der Waals surface area contributed by atoms with Gasteiger partial charge in [-0.15, -0.1) is 0 Å². The number of nitriles is 1. The number of Topliss-reactive ketones (excluding diaryl/α,β-unsaturated/α-hetero) is 1. The van der Waals surface area contributed by atoms with Crippen LogP contribution in [0.4, 0.5) is 0 Å². The monoisotopic (exact) mass is 407 g/mol. The van der Waals surface area contributed by atoms with Crippen LogP contribution in [0.3, 0.4) is 0 Å². The summed E-state index contributed by atoms with van der Waals surface area (Å²) in [5, 5.41) is 8.54. The molecule has 0 heterocycles. The van der Waals surface area contributed by atoms with Gasteiger partial charge in [0.25, 0.3) is 0 Å². The molecular formula is C17H15Br2NO. The van der Waals surface area contributed by atoms with Gasteiger partial charge < -0.3 is 0 Å². The second-order valence-corrected chi connectivity index (χ2v) is 6.42. The number of hydrogen-bond acceptors (Lipinski definition) is 2. The van der Waals surface area contributed by atoms with Gasteiger partial charge in [0.15, 0.2) is 5.78 Å². The molecule has 0 aliphatic heterocycles. The van der Waals surface area contributed by atoms with Crippen LogP contribution in [-0.4, -0.2) is 5.78 Å². The molecule has 0 saturated carbocycles. The summed E-state index contributed by atoms with van der Waals surface area (Å²) < 4.78 is 2.03. The molecule has 108 valence electrons. The highest BCUT2D eigenvalue weighted by Crippen LogP contribution is 2.16. The van der Waals surface area contributed by atoms with Crippen molar-refractivity contribution in [2.45, 2.75) is 20.8 Å². The van der Waals surface area contributed by atoms with Crippen molar-refractivity contribution in [1.29, 1.82) is 5.26 Å². The number of hydrogen-bond donors (Lipinski definition) is 0. The van der Waals surface area contributed by atoms with Crippen molar-refractivity contribution in [2.75, 3.05) is 0 Å². The van der Waals surface area contributed by atoms with Crippen molar-refractivity contribution in [1.82, 2.24) is 0 Å². The van der Waals surface area contributed by atoms with E-state index in [1.165, 1.54) is 0 Å². The van der Waals surface area contributed by atoms with Gasteiger partial charge >= 0.3 is 0 Å². The number of aryl methyl sites for hydroxylation is 2. The second kappa shape index (κ2) is 8.11. The van der Waals surface area contributed by atoms with Crippen LogP contribution >= 0.6 is 31.9 Å². The lowest BCUT2D eigenvalue weighted by Gasteiger charge is -2.00. The lowest BCUT2D eigenvalue weighted by molar-refractivity contribution is 0.101. The number of carbonyl (C=O) groups excluding carboxylic acids is 1. The third kappa shape index (κ3) is 5.45. The summed E-state index contributed by atoms with van der Waals surface area (Å²) in [6.45, 7) is 5.43. The Balaban J connectivity index is 0.000000211. The Morgan fingerprint density at radius 3 is 1.95 bits per heavy atom. The van der Waals surface area contributed by atoms with Crippen LogP contribution in [0, 0.1) is 25.2 Å². The lowest BCUT2D eigenvalue weighted by Crippen LogP contribution is -1.94. The van der Waals surface area contributed by atoms with E-state index >= 15 is 0 Å². The maximum atomic E-state index is 11.0. The van der Waals surface area contributed by atoms with Crippen molar-refractivity contribution in [3.63, 3.8) is 0 Å². The van der Waals surface area contributed by atoms with E-state index in [-0.39, 0.29) is 5.78 Å². The highest BCUT2D eigenvalue weighted by Gasteiger charge is 2.02. The molecule has 0 saturated heterocycles. The summed E-state index contributed by atoms with van der Waals surface area (Å²) in [4.78, 5) is 11.0. The maximum absolute atomic E-state index is 11.0. The van der Waals surface area contributed by atoms with Crippen LogP contribution in [0.1, 0.15) is 34.0 Å². The van der Waals surface area contributed by atoms with Gasteiger partial charge in [-0.2, -0.15) is 5.26 Å². The number of ketones is 1. The zero-order valence-corrected chi connectivity index (χ0v) is 15.2. The SMILES string of the molecule is CC(=O)c1ccc(Br)cc1C.Cc1cc(Br)ccc1C#N. The molecule has 0 N–H and O–H groups in total. The Hall–Kier alpha value is -1.44.